The molecule has 5 nitrogen and oxygen atoms in total. The summed E-state index contributed by atoms with van der Waals surface area (Å²) in [6.07, 6.45) is 3.37. The quantitative estimate of drug-likeness (QED) is 0.930. The minimum atomic E-state index is -0.0821. The van der Waals surface area contributed by atoms with E-state index in [0.717, 1.165) is 49.9 Å². The second-order valence-electron chi connectivity index (χ2n) is 7.13. The first-order valence-corrected chi connectivity index (χ1v) is 9.20. The van der Waals surface area contributed by atoms with Crippen molar-refractivity contribution in [3.63, 3.8) is 0 Å². The highest BCUT2D eigenvalue weighted by atomic mass is 16.5. The molecule has 0 radical (unpaired) electrons. The molecule has 2 aliphatic heterocycles. The van der Waals surface area contributed by atoms with Gasteiger partial charge in [-0.05, 0) is 44.4 Å². The topological polar surface area (TPSA) is 54.5 Å². The van der Waals surface area contributed by atoms with E-state index in [-0.39, 0.29) is 5.91 Å². The maximum absolute atomic E-state index is 12.5. The predicted octanol–water partition coefficient (Wildman–Crippen LogP) is 2.53. The number of carbonyl (C=O) groups excluding carboxylic acids is 1. The van der Waals surface area contributed by atoms with Gasteiger partial charge in [-0.15, -0.1) is 0 Å². The molecule has 5 heteroatoms. The second-order valence-corrected chi connectivity index (χ2v) is 7.13. The molecule has 3 heterocycles. The summed E-state index contributed by atoms with van der Waals surface area (Å²) in [6.45, 7) is 5.62. The smallest absolute Gasteiger partial charge is 0.269 e. The van der Waals surface area contributed by atoms with E-state index in [4.69, 9.17) is 4.74 Å². The number of aryl methyl sites for hydroxylation is 1. The molecule has 2 aromatic rings. The van der Waals surface area contributed by atoms with E-state index >= 15 is 0 Å². The summed E-state index contributed by atoms with van der Waals surface area (Å²) in [6, 6.07) is 10.9. The molecule has 1 N–H and O–H groups in total. The van der Waals surface area contributed by atoms with Crippen molar-refractivity contribution < 1.29 is 9.53 Å². The maximum Gasteiger partial charge on any atom is 0.269 e. The summed E-state index contributed by atoms with van der Waals surface area (Å²) < 4.78 is 5.45. The Morgan fingerprint density at radius 1 is 1.24 bits per heavy atom. The molecule has 1 atom stereocenters. The molecular formula is C20H25N3O2. The van der Waals surface area contributed by atoms with Crippen LogP contribution in [0, 0.1) is 6.92 Å². The Hall–Kier alpha value is -1.98. The van der Waals surface area contributed by atoms with Crippen molar-refractivity contribution in [1.82, 2.24) is 15.2 Å². The molecule has 0 bridgehead atoms. The van der Waals surface area contributed by atoms with Crippen molar-refractivity contribution in [1.29, 1.82) is 0 Å². The highest BCUT2D eigenvalue weighted by molar-refractivity contribution is 5.94. The van der Waals surface area contributed by atoms with Crippen molar-refractivity contribution in [2.24, 2.45) is 0 Å². The number of rotatable bonds is 4. The zero-order valence-electron chi connectivity index (χ0n) is 14.7. The predicted molar refractivity (Wildman–Crippen MR) is 97.8 cm³/mol. The van der Waals surface area contributed by atoms with E-state index in [1.54, 1.807) is 0 Å². The number of fused-ring (bicyclic) bond motifs is 1. The molecule has 25 heavy (non-hydrogen) atoms. The minimum Gasteiger partial charge on any atom is -0.381 e. The highest BCUT2D eigenvalue weighted by Crippen LogP contribution is 2.25. The first kappa shape index (κ1) is 16.5. The number of hydrogen-bond donors (Lipinski definition) is 1. The van der Waals surface area contributed by atoms with Crippen LogP contribution < -0.4 is 5.32 Å². The SMILES string of the molecule is Cc1ccc2nc(C(=O)NCC3CCN3C3CCOCC3)ccc2c1. The van der Waals surface area contributed by atoms with Crippen molar-refractivity contribution in [3.8, 4) is 0 Å². The van der Waals surface area contributed by atoms with Gasteiger partial charge < -0.3 is 10.1 Å². The Balaban J connectivity index is 1.36. The first-order chi connectivity index (χ1) is 12.2. The Kier molecular flexibility index (Phi) is 4.68. The van der Waals surface area contributed by atoms with E-state index in [1.165, 1.54) is 5.56 Å². The molecule has 0 spiro atoms. The summed E-state index contributed by atoms with van der Waals surface area (Å²) in [7, 11) is 0. The van der Waals surface area contributed by atoms with E-state index in [9.17, 15) is 4.79 Å². The number of ether oxygens (including phenoxy) is 1. The van der Waals surface area contributed by atoms with Crippen LogP contribution in [0.3, 0.4) is 0 Å². The van der Waals surface area contributed by atoms with E-state index in [0.29, 0.717) is 24.3 Å². The van der Waals surface area contributed by atoms with Gasteiger partial charge in [0.2, 0.25) is 0 Å². The van der Waals surface area contributed by atoms with Crippen LogP contribution in [-0.4, -0.2) is 54.2 Å². The van der Waals surface area contributed by atoms with Crippen LogP contribution in [0.4, 0.5) is 0 Å². The van der Waals surface area contributed by atoms with Crippen molar-refractivity contribution in [2.45, 2.75) is 38.3 Å². The summed E-state index contributed by atoms with van der Waals surface area (Å²) in [4.78, 5) is 19.5. The molecule has 1 aromatic heterocycles. The van der Waals surface area contributed by atoms with Gasteiger partial charge in [0.25, 0.3) is 5.91 Å². The molecule has 2 aliphatic rings. The lowest BCUT2D eigenvalue weighted by Crippen LogP contribution is -2.58. The Morgan fingerprint density at radius 2 is 2.08 bits per heavy atom. The fourth-order valence-corrected chi connectivity index (χ4v) is 3.85. The lowest BCUT2D eigenvalue weighted by molar-refractivity contribution is -0.0222. The average molecular weight is 339 g/mol. The largest absolute Gasteiger partial charge is 0.381 e. The summed E-state index contributed by atoms with van der Waals surface area (Å²) in [5, 5.41) is 4.14. The summed E-state index contributed by atoms with van der Waals surface area (Å²) >= 11 is 0. The van der Waals surface area contributed by atoms with Crippen LogP contribution in [0.1, 0.15) is 35.3 Å². The van der Waals surface area contributed by atoms with Gasteiger partial charge in [0.05, 0.1) is 5.52 Å². The molecule has 0 aliphatic carbocycles. The zero-order valence-corrected chi connectivity index (χ0v) is 14.7. The van der Waals surface area contributed by atoms with Crippen LogP contribution in [0.25, 0.3) is 10.9 Å². The molecule has 1 aromatic carbocycles. The molecule has 132 valence electrons. The molecule has 2 saturated heterocycles. The maximum atomic E-state index is 12.5. The summed E-state index contributed by atoms with van der Waals surface area (Å²) in [5.74, 6) is -0.0821. The van der Waals surface area contributed by atoms with Crippen LogP contribution in [0.5, 0.6) is 0 Å². The molecule has 4 rings (SSSR count). The average Bonchev–Trinajstić information content (AvgIpc) is 2.61. The van der Waals surface area contributed by atoms with E-state index < -0.39 is 0 Å². The van der Waals surface area contributed by atoms with Gasteiger partial charge in [-0.25, -0.2) is 4.98 Å². The van der Waals surface area contributed by atoms with Gasteiger partial charge in [-0.1, -0.05) is 17.7 Å². The Bertz CT molecular complexity index is 771. The van der Waals surface area contributed by atoms with Gasteiger partial charge in [0.15, 0.2) is 0 Å². The third kappa shape index (κ3) is 3.53. The first-order valence-electron chi connectivity index (χ1n) is 9.20. The Labute approximate surface area is 148 Å². The number of likely N-dealkylation sites (tertiary alicyclic amines) is 1. The highest BCUT2D eigenvalue weighted by Gasteiger charge is 2.34. The van der Waals surface area contributed by atoms with Crippen molar-refractivity contribution in [3.05, 3.63) is 41.6 Å². The second kappa shape index (κ2) is 7.10. The normalized spacial score (nSPS) is 21.9. The molecule has 0 saturated carbocycles. The zero-order chi connectivity index (χ0) is 17.2. The molecular weight excluding hydrogens is 314 g/mol. The van der Waals surface area contributed by atoms with Gasteiger partial charge in [-0.3, -0.25) is 9.69 Å². The lowest BCUT2D eigenvalue weighted by Gasteiger charge is -2.47. The fraction of sp³-hybridized carbons (Fsp3) is 0.500. The standard InChI is InChI=1S/C20H25N3O2/c1-14-2-4-18-15(12-14)3-5-19(22-18)20(24)21-13-17-6-9-23(17)16-7-10-25-11-8-16/h2-5,12,16-17H,6-11,13H2,1H3,(H,21,24). The Morgan fingerprint density at radius 3 is 2.84 bits per heavy atom. The molecule has 1 unspecified atom stereocenters. The van der Waals surface area contributed by atoms with Gasteiger partial charge in [-0.2, -0.15) is 0 Å². The number of amides is 1. The number of hydrogen-bond acceptors (Lipinski definition) is 4. The number of pyridine rings is 1. The third-order valence-corrected chi connectivity index (χ3v) is 5.42. The number of aromatic nitrogens is 1. The van der Waals surface area contributed by atoms with Crippen molar-refractivity contribution in [2.75, 3.05) is 26.3 Å². The van der Waals surface area contributed by atoms with Gasteiger partial charge in [0, 0.05) is 43.8 Å². The minimum absolute atomic E-state index is 0.0821. The summed E-state index contributed by atoms with van der Waals surface area (Å²) in [5.41, 5.74) is 2.56. The molecule has 1 amide bonds. The van der Waals surface area contributed by atoms with Crippen molar-refractivity contribution >= 4 is 16.8 Å². The van der Waals surface area contributed by atoms with Crippen LogP contribution in [-0.2, 0) is 4.74 Å². The lowest BCUT2D eigenvalue weighted by atomic mass is 9.95. The number of nitrogens with zero attached hydrogens (tertiary/aromatic N) is 2. The van der Waals surface area contributed by atoms with Gasteiger partial charge in [0.1, 0.15) is 5.69 Å². The van der Waals surface area contributed by atoms with Crippen LogP contribution >= 0.6 is 0 Å². The van der Waals surface area contributed by atoms with E-state index in [1.807, 2.05) is 24.3 Å². The fourth-order valence-electron chi connectivity index (χ4n) is 3.85. The molecule has 2 fully saturated rings. The monoisotopic (exact) mass is 339 g/mol. The van der Waals surface area contributed by atoms with Crippen LogP contribution in [0.15, 0.2) is 30.3 Å². The van der Waals surface area contributed by atoms with Gasteiger partial charge >= 0.3 is 0 Å². The number of benzene rings is 1. The van der Waals surface area contributed by atoms with E-state index in [2.05, 4.69) is 28.2 Å². The third-order valence-electron chi connectivity index (χ3n) is 5.42. The number of nitrogens with one attached hydrogen (secondary N) is 1. The number of carbonyl (C=O) groups is 1. The van der Waals surface area contributed by atoms with Crippen LogP contribution in [0.2, 0.25) is 0 Å².